The molecule has 1 radical (unpaired) electrons. The number of hydrogen-bond donors (Lipinski definition) is 0. The topological polar surface area (TPSA) is 43.4 Å². The summed E-state index contributed by atoms with van der Waals surface area (Å²) in [7, 11) is 0. The molecular weight excluding hydrogens is 485 g/mol. The first-order valence-electron chi connectivity index (χ1n) is 11.3. The fourth-order valence-electron chi connectivity index (χ4n) is 2.74. The first kappa shape index (κ1) is 35.3. The van der Waals surface area contributed by atoms with E-state index < -0.39 is 0 Å². The number of ether oxygens (including phenoxy) is 1. The summed E-state index contributed by atoms with van der Waals surface area (Å²) >= 11 is 0. The van der Waals surface area contributed by atoms with Gasteiger partial charge in [-0.1, -0.05) is 110 Å². The van der Waals surface area contributed by atoms with E-state index in [-0.39, 0.29) is 38.9 Å². The summed E-state index contributed by atoms with van der Waals surface area (Å²) in [6.07, 6.45) is 0.250. The Hall–Kier alpha value is -2.32. The van der Waals surface area contributed by atoms with Gasteiger partial charge in [0, 0.05) is 43.7 Å². The molecule has 0 aromatic heterocycles. The zero-order valence-electron chi connectivity index (χ0n) is 21.4. The van der Waals surface area contributed by atoms with Crippen LogP contribution in [0.25, 0.3) is 12.2 Å². The van der Waals surface area contributed by atoms with Crippen LogP contribution in [-0.2, 0) is 42.3 Å². The third kappa shape index (κ3) is 10.9. The molecule has 0 atom stereocenters. The van der Waals surface area contributed by atoms with E-state index in [2.05, 4.69) is 49.0 Å². The van der Waals surface area contributed by atoms with Crippen LogP contribution in [0.4, 0.5) is 0 Å². The van der Waals surface area contributed by atoms with Gasteiger partial charge >= 0.3 is 6.15 Å². The van der Waals surface area contributed by atoms with E-state index in [0.29, 0.717) is 0 Å². The second kappa shape index (κ2) is 22.9. The van der Waals surface area contributed by atoms with Gasteiger partial charge in [0.05, 0.1) is 0 Å². The Bertz CT molecular complexity index is 1020. The summed E-state index contributed by atoms with van der Waals surface area (Å²) in [5, 5.41) is 2.05. The zero-order valence-corrected chi connectivity index (χ0v) is 24.2. The van der Waals surface area contributed by atoms with Gasteiger partial charge in [-0.25, -0.2) is 0 Å². The third-order valence-corrected chi connectivity index (χ3v) is 3.69. The van der Waals surface area contributed by atoms with Gasteiger partial charge in [0.25, 0.3) is 0 Å². The molecule has 0 unspecified atom stereocenters. The van der Waals surface area contributed by atoms with Crippen molar-refractivity contribution < 1.29 is 47.0 Å². The van der Waals surface area contributed by atoms with Crippen molar-refractivity contribution in [1.82, 2.24) is 0 Å². The maximum absolute atomic E-state index is 8.12. The Morgan fingerprint density at radius 3 is 1.88 bits per heavy atom. The summed E-state index contributed by atoms with van der Waals surface area (Å²) in [6, 6.07) is 25.4. The number of benzene rings is 3. The Labute approximate surface area is 225 Å². The van der Waals surface area contributed by atoms with Crippen LogP contribution in [0.1, 0.15) is 66.5 Å². The number of carbonyl (C=O) groups excluding carboxylic acids is 2. The van der Waals surface area contributed by atoms with Gasteiger partial charge in [-0.15, -0.1) is 6.07 Å². The maximum Gasteiger partial charge on any atom is 0.373 e. The minimum Gasteiger partial charge on any atom is -0.515 e. The fraction of sp³-hybridized carbons (Fsp3) is 0.276. The van der Waals surface area contributed by atoms with Crippen LogP contribution >= 0.6 is 0 Å². The third-order valence-electron chi connectivity index (χ3n) is 3.69. The van der Waals surface area contributed by atoms with Crippen molar-refractivity contribution in [3.8, 4) is 11.5 Å². The summed E-state index contributed by atoms with van der Waals surface area (Å²) in [5.41, 5.74) is 3.48. The van der Waals surface area contributed by atoms with Crippen molar-refractivity contribution in [3.05, 3.63) is 94.4 Å². The molecule has 0 aliphatic carbocycles. The smallest absolute Gasteiger partial charge is 0.373 e. The summed E-state index contributed by atoms with van der Waals surface area (Å²) in [6.45, 7) is 20.0. The molecule has 3 aromatic carbocycles. The van der Waals surface area contributed by atoms with Crippen molar-refractivity contribution in [2.24, 2.45) is 0 Å². The molecule has 0 spiro atoms. The first-order chi connectivity index (χ1) is 15.7. The number of fused-ring (bicyclic) bond motifs is 2. The number of hydrogen-bond acceptors (Lipinski definition) is 3. The summed E-state index contributed by atoms with van der Waals surface area (Å²) < 4.78 is 6.02. The monoisotopic (exact) mass is 522 g/mol. The Balaban J connectivity index is -0.000000659. The molecule has 33 heavy (non-hydrogen) atoms. The van der Waals surface area contributed by atoms with Crippen molar-refractivity contribution >= 4 is 18.3 Å². The molecule has 4 heteroatoms. The molecule has 0 bridgehead atoms. The van der Waals surface area contributed by atoms with Gasteiger partial charge in [0.2, 0.25) is 0 Å². The van der Waals surface area contributed by atoms with Crippen molar-refractivity contribution in [1.29, 1.82) is 0 Å². The van der Waals surface area contributed by atoms with Crippen LogP contribution in [0.3, 0.4) is 0 Å². The molecule has 1 aliphatic rings. The minimum absolute atomic E-state index is 0. The predicted molar refractivity (Wildman–Crippen MR) is 135 cm³/mol. The van der Waals surface area contributed by atoms with Gasteiger partial charge in [0.15, 0.2) is 0 Å². The normalized spacial score (nSPS) is 8.79. The molecule has 0 N–H and O–H groups in total. The van der Waals surface area contributed by atoms with Crippen LogP contribution < -0.4 is 15.2 Å². The van der Waals surface area contributed by atoms with E-state index in [1.807, 2.05) is 85.7 Å². The number of rotatable bonds is 1. The van der Waals surface area contributed by atoms with Crippen molar-refractivity contribution in [2.75, 3.05) is 0 Å². The predicted octanol–water partition coefficient (Wildman–Crippen LogP) is 6.77. The molecular formula is C29H37O3Y-. The molecule has 0 amide bonds. The molecule has 3 aromatic rings. The van der Waals surface area contributed by atoms with Crippen molar-refractivity contribution in [2.45, 2.75) is 55.4 Å². The van der Waals surface area contributed by atoms with E-state index in [1.54, 1.807) is 0 Å². The maximum atomic E-state index is 8.12. The molecule has 0 fully saturated rings. The minimum atomic E-state index is 0. The molecule has 4 rings (SSSR count). The van der Waals surface area contributed by atoms with Crippen LogP contribution in [0.5, 0.6) is 11.5 Å². The van der Waals surface area contributed by atoms with E-state index >= 15 is 0 Å². The first-order valence-corrected chi connectivity index (χ1v) is 11.3. The molecule has 1 heterocycles. The molecule has 0 saturated heterocycles. The van der Waals surface area contributed by atoms with Gasteiger partial charge in [0.1, 0.15) is 5.75 Å². The zero-order chi connectivity index (χ0) is 24.9. The Morgan fingerprint density at radius 1 is 0.788 bits per heavy atom. The quantitative estimate of drug-likeness (QED) is 0.259. The largest absolute Gasteiger partial charge is 0.515 e. The van der Waals surface area contributed by atoms with E-state index in [0.717, 1.165) is 27.5 Å². The second-order valence-electron chi connectivity index (χ2n) is 5.18. The fourth-order valence-corrected chi connectivity index (χ4v) is 2.74. The van der Waals surface area contributed by atoms with Gasteiger partial charge in [-0.05, 0) is 22.4 Å². The SMILES string of the molecule is C=c1ccc2c(c1)Oc1c[c-]ccc1C=2c1ccccc1.CC.CC.CC.CC.O=C=O.[Y]. The van der Waals surface area contributed by atoms with E-state index in [4.69, 9.17) is 14.3 Å². The standard InChI is InChI=1S/C20H13O.4C2H6.CO2.Y/c1-14-11-12-17-19(13-14)21-18-10-6-5-9-16(18)20(17)15-7-3-2-4-8-15;4*1-2;2-1-3;/h2-5,7-13H,1H2;4*1-2H3;;/q-1;;;;;;. The summed E-state index contributed by atoms with van der Waals surface area (Å²) in [5.74, 6) is 1.70. The van der Waals surface area contributed by atoms with Crippen LogP contribution in [0, 0.1) is 6.07 Å². The van der Waals surface area contributed by atoms with Gasteiger partial charge in [-0.3, -0.25) is 0 Å². The Kier molecular flexibility index (Phi) is 24.4. The molecule has 3 nitrogen and oxygen atoms in total. The van der Waals surface area contributed by atoms with Gasteiger partial charge < -0.3 is 4.74 Å². The summed E-state index contributed by atoms with van der Waals surface area (Å²) in [4.78, 5) is 16.2. The molecule has 1 aliphatic heterocycles. The van der Waals surface area contributed by atoms with Crippen LogP contribution in [0.15, 0.2) is 66.7 Å². The van der Waals surface area contributed by atoms with Gasteiger partial charge in [-0.2, -0.15) is 27.8 Å². The van der Waals surface area contributed by atoms with Crippen LogP contribution in [0.2, 0.25) is 0 Å². The average molecular weight is 523 g/mol. The van der Waals surface area contributed by atoms with Crippen LogP contribution in [-0.4, -0.2) is 6.15 Å². The molecule has 175 valence electrons. The second-order valence-corrected chi connectivity index (χ2v) is 5.18. The van der Waals surface area contributed by atoms with E-state index in [1.165, 1.54) is 11.1 Å². The van der Waals surface area contributed by atoms with E-state index in [9.17, 15) is 0 Å². The Morgan fingerprint density at radius 2 is 1.33 bits per heavy atom. The molecule has 0 saturated carbocycles. The average Bonchev–Trinajstić information content (AvgIpc) is 2.88. The van der Waals surface area contributed by atoms with Crippen molar-refractivity contribution in [3.63, 3.8) is 0 Å².